The number of rotatable bonds is 8. The highest BCUT2D eigenvalue weighted by Crippen LogP contribution is 2.59. The molecule has 1 N–H and O–H groups in total. The molecular weight excluding hydrogens is 396 g/mol. The monoisotopic (exact) mass is 422 g/mol. The molecule has 1 fully saturated rings. The van der Waals surface area contributed by atoms with Crippen molar-refractivity contribution in [3.05, 3.63) is 57.3 Å². The number of benzene rings is 1. The van der Waals surface area contributed by atoms with E-state index in [9.17, 15) is 14.7 Å². The van der Waals surface area contributed by atoms with Gasteiger partial charge in [0.2, 0.25) is 0 Å². The van der Waals surface area contributed by atoms with Crippen LogP contribution in [-0.2, 0) is 11.2 Å². The van der Waals surface area contributed by atoms with Crippen molar-refractivity contribution < 1.29 is 19.4 Å². The maximum Gasteiger partial charge on any atom is 0.315 e. The van der Waals surface area contributed by atoms with Crippen LogP contribution in [0.2, 0.25) is 0 Å². The molecule has 1 aromatic carbocycles. The molecule has 0 radical (unpaired) electrons. The summed E-state index contributed by atoms with van der Waals surface area (Å²) in [6.45, 7) is 4.46. The Labute approximate surface area is 180 Å². The SMILES string of the molecule is CCCc1c(/C=C/c2cc(OC)ccc2OCC)nc2n(c1=O)C1CC1(C(=O)O)C=C2. The lowest BCUT2D eigenvalue weighted by atomic mass is 10.0. The van der Waals surface area contributed by atoms with Crippen molar-refractivity contribution in [1.82, 2.24) is 9.55 Å². The fourth-order valence-corrected chi connectivity index (χ4v) is 4.17. The Bertz CT molecular complexity index is 1150. The highest BCUT2D eigenvalue weighted by atomic mass is 16.5. The molecule has 1 aliphatic carbocycles. The minimum absolute atomic E-state index is 0.153. The predicted octanol–water partition coefficient (Wildman–Crippen LogP) is 3.82. The van der Waals surface area contributed by atoms with Gasteiger partial charge in [0.15, 0.2) is 0 Å². The van der Waals surface area contributed by atoms with Gasteiger partial charge in [-0.25, -0.2) is 4.98 Å². The molecule has 1 aromatic heterocycles. The van der Waals surface area contributed by atoms with Crippen molar-refractivity contribution >= 4 is 24.2 Å². The standard InChI is InChI=1S/C24H26N2O5/c1-4-6-17-18(9-7-15-13-16(30-3)8-10-19(15)31-5-2)25-21-11-12-24(23(28)29)14-20(24)26(21)22(17)27/h7-13,20H,4-6,14H2,1-3H3,(H,28,29)/b9-7+. The quantitative estimate of drug-likeness (QED) is 0.696. The van der Waals surface area contributed by atoms with Crippen LogP contribution in [-0.4, -0.2) is 34.3 Å². The van der Waals surface area contributed by atoms with Gasteiger partial charge in [0.25, 0.3) is 5.56 Å². The van der Waals surface area contributed by atoms with E-state index >= 15 is 0 Å². The van der Waals surface area contributed by atoms with Crippen LogP contribution in [0.1, 0.15) is 55.4 Å². The number of hydrogen-bond acceptors (Lipinski definition) is 5. The smallest absolute Gasteiger partial charge is 0.315 e. The minimum Gasteiger partial charge on any atom is -0.497 e. The van der Waals surface area contributed by atoms with E-state index in [-0.39, 0.29) is 11.6 Å². The van der Waals surface area contributed by atoms with Gasteiger partial charge in [-0.3, -0.25) is 14.2 Å². The van der Waals surface area contributed by atoms with Gasteiger partial charge >= 0.3 is 5.97 Å². The molecule has 31 heavy (non-hydrogen) atoms. The topological polar surface area (TPSA) is 90.7 Å². The van der Waals surface area contributed by atoms with Crippen LogP contribution < -0.4 is 15.0 Å². The molecule has 2 heterocycles. The lowest BCUT2D eigenvalue weighted by Crippen LogP contribution is -2.32. The average Bonchev–Trinajstić information content (AvgIpc) is 3.51. The number of aliphatic carboxylic acids is 1. The third-order valence-electron chi connectivity index (χ3n) is 5.91. The Morgan fingerprint density at radius 1 is 1.35 bits per heavy atom. The summed E-state index contributed by atoms with van der Waals surface area (Å²) < 4.78 is 12.6. The first kappa shape index (κ1) is 20.9. The summed E-state index contributed by atoms with van der Waals surface area (Å²) in [5, 5.41) is 9.59. The molecule has 162 valence electrons. The van der Waals surface area contributed by atoms with Gasteiger partial charge in [0.1, 0.15) is 22.7 Å². The molecule has 1 saturated carbocycles. The summed E-state index contributed by atoms with van der Waals surface area (Å²) in [5.41, 5.74) is 0.902. The molecule has 2 aromatic rings. The van der Waals surface area contributed by atoms with Crippen molar-refractivity contribution in [3.63, 3.8) is 0 Å². The van der Waals surface area contributed by atoms with Gasteiger partial charge in [0.05, 0.1) is 25.5 Å². The van der Waals surface area contributed by atoms with E-state index in [1.807, 2.05) is 44.2 Å². The minimum atomic E-state index is -0.966. The first-order chi connectivity index (χ1) is 14.9. The molecule has 2 unspecified atom stereocenters. The summed E-state index contributed by atoms with van der Waals surface area (Å²) in [6, 6.07) is 5.20. The number of hydrogen-bond donors (Lipinski definition) is 1. The maximum absolute atomic E-state index is 13.3. The Balaban J connectivity index is 1.78. The lowest BCUT2D eigenvalue weighted by molar-refractivity contribution is -0.141. The summed E-state index contributed by atoms with van der Waals surface area (Å²) in [6.07, 6.45) is 8.80. The van der Waals surface area contributed by atoms with Crippen LogP contribution in [0.15, 0.2) is 29.1 Å². The van der Waals surface area contributed by atoms with E-state index in [4.69, 9.17) is 14.5 Å². The van der Waals surface area contributed by atoms with Crippen molar-refractivity contribution in [2.75, 3.05) is 13.7 Å². The van der Waals surface area contributed by atoms with E-state index in [1.165, 1.54) is 0 Å². The molecule has 2 atom stereocenters. The number of carboxylic acid groups (broad SMARTS) is 1. The van der Waals surface area contributed by atoms with E-state index in [2.05, 4.69) is 0 Å². The number of carboxylic acids is 1. The fraction of sp³-hybridized carbons (Fsp3) is 0.375. The van der Waals surface area contributed by atoms with Crippen molar-refractivity contribution in [1.29, 1.82) is 0 Å². The number of aromatic nitrogens is 2. The Morgan fingerprint density at radius 2 is 2.16 bits per heavy atom. The van der Waals surface area contributed by atoms with Gasteiger partial charge in [-0.15, -0.1) is 0 Å². The van der Waals surface area contributed by atoms with E-state index in [0.29, 0.717) is 42.3 Å². The highest BCUT2D eigenvalue weighted by molar-refractivity contribution is 5.84. The van der Waals surface area contributed by atoms with Crippen LogP contribution in [0.25, 0.3) is 18.2 Å². The molecule has 0 saturated heterocycles. The number of methoxy groups -OCH3 is 1. The largest absolute Gasteiger partial charge is 0.497 e. The number of nitrogens with zero attached hydrogens (tertiary/aromatic N) is 2. The zero-order valence-corrected chi connectivity index (χ0v) is 17.9. The third kappa shape index (κ3) is 3.54. The van der Waals surface area contributed by atoms with Gasteiger partial charge < -0.3 is 14.6 Å². The Morgan fingerprint density at radius 3 is 2.84 bits per heavy atom. The van der Waals surface area contributed by atoms with Gasteiger partial charge in [-0.1, -0.05) is 19.4 Å². The van der Waals surface area contributed by atoms with Gasteiger partial charge in [-0.05, 0) is 56.2 Å². The van der Waals surface area contributed by atoms with E-state index in [0.717, 1.165) is 17.7 Å². The zero-order valence-electron chi connectivity index (χ0n) is 17.9. The number of ether oxygens (including phenoxy) is 2. The fourth-order valence-electron chi connectivity index (χ4n) is 4.17. The molecule has 7 nitrogen and oxygen atoms in total. The molecule has 1 aliphatic heterocycles. The average molecular weight is 422 g/mol. The van der Waals surface area contributed by atoms with Crippen molar-refractivity contribution in [3.8, 4) is 11.5 Å². The highest BCUT2D eigenvalue weighted by Gasteiger charge is 2.62. The first-order valence-electron chi connectivity index (χ1n) is 10.5. The Kier molecular flexibility index (Phi) is 5.43. The second kappa shape index (κ2) is 8.06. The summed E-state index contributed by atoms with van der Waals surface area (Å²) >= 11 is 0. The van der Waals surface area contributed by atoms with E-state index in [1.54, 1.807) is 23.8 Å². The van der Waals surface area contributed by atoms with Gasteiger partial charge in [-0.2, -0.15) is 0 Å². The van der Waals surface area contributed by atoms with E-state index < -0.39 is 11.4 Å². The molecular formula is C24H26N2O5. The van der Waals surface area contributed by atoms with Crippen LogP contribution in [0.5, 0.6) is 11.5 Å². The molecule has 0 bridgehead atoms. The number of fused-ring (bicyclic) bond motifs is 3. The molecule has 7 heteroatoms. The summed E-state index contributed by atoms with van der Waals surface area (Å²) in [4.78, 5) is 29.7. The summed E-state index contributed by atoms with van der Waals surface area (Å²) in [7, 11) is 1.61. The summed E-state index contributed by atoms with van der Waals surface area (Å²) in [5.74, 6) is 1.03. The van der Waals surface area contributed by atoms with Crippen LogP contribution in [0.4, 0.5) is 0 Å². The second-order valence-corrected chi connectivity index (χ2v) is 7.83. The zero-order chi connectivity index (χ0) is 22.2. The van der Waals surface area contributed by atoms with Crippen LogP contribution in [0, 0.1) is 5.41 Å². The molecule has 2 aliphatic rings. The first-order valence-corrected chi connectivity index (χ1v) is 10.5. The third-order valence-corrected chi connectivity index (χ3v) is 5.91. The van der Waals surface area contributed by atoms with Crippen molar-refractivity contribution in [2.24, 2.45) is 5.41 Å². The molecule has 4 rings (SSSR count). The van der Waals surface area contributed by atoms with Crippen molar-refractivity contribution in [2.45, 2.75) is 39.2 Å². The van der Waals surface area contributed by atoms with Crippen LogP contribution in [0.3, 0.4) is 0 Å². The number of carbonyl (C=O) groups is 1. The van der Waals surface area contributed by atoms with Crippen LogP contribution >= 0.6 is 0 Å². The Hall–Kier alpha value is -3.35. The molecule has 0 spiro atoms. The predicted molar refractivity (Wildman–Crippen MR) is 118 cm³/mol. The lowest BCUT2D eigenvalue weighted by Gasteiger charge is -2.19. The van der Waals surface area contributed by atoms with Gasteiger partial charge in [0, 0.05) is 11.1 Å². The maximum atomic E-state index is 13.3. The normalized spacial score (nSPS) is 20.9. The molecule has 0 amide bonds. The second-order valence-electron chi connectivity index (χ2n) is 7.83.